The first-order valence-electron chi connectivity index (χ1n) is 4.23. The molecule has 1 rings (SSSR count). The number of benzene rings is 1. The quantitative estimate of drug-likeness (QED) is 0.650. The van der Waals surface area contributed by atoms with E-state index in [1.165, 1.54) is 11.1 Å². The molecular weight excluding hydrogens is 146 g/mol. The van der Waals surface area contributed by atoms with Crippen LogP contribution in [0.4, 0.5) is 0 Å². The first-order valence-corrected chi connectivity index (χ1v) is 4.23. The smallest absolute Gasteiger partial charge is 0.0669 e. The molecule has 0 saturated heterocycles. The number of aryl methyl sites for hydroxylation is 2. The van der Waals surface area contributed by atoms with Gasteiger partial charge >= 0.3 is 0 Å². The van der Waals surface area contributed by atoms with E-state index in [0.717, 1.165) is 12.0 Å². The Morgan fingerprint density at radius 3 is 2.75 bits per heavy atom. The van der Waals surface area contributed by atoms with Crippen LogP contribution >= 0.6 is 0 Å². The fraction of sp³-hybridized carbons (Fsp3) is 0.364. The van der Waals surface area contributed by atoms with Crippen LogP contribution in [0.2, 0.25) is 0 Å². The van der Waals surface area contributed by atoms with E-state index in [-0.39, 0.29) is 0 Å². The first kappa shape index (κ1) is 8.80. The predicted octanol–water partition coefficient (Wildman–Crippen LogP) is 2.62. The molecule has 0 aromatic heterocycles. The van der Waals surface area contributed by atoms with Gasteiger partial charge in [0.1, 0.15) is 0 Å². The molecule has 12 heavy (non-hydrogen) atoms. The minimum absolute atomic E-state index is 0.527. The van der Waals surface area contributed by atoms with Crippen LogP contribution in [0.25, 0.3) is 0 Å². The zero-order chi connectivity index (χ0) is 8.97. The van der Waals surface area contributed by atoms with E-state index >= 15 is 0 Å². The second-order valence-electron chi connectivity index (χ2n) is 2.95. The van der Waals surface area contributed by atoms with E-state index in [0.29, 0.717) is 6.42 Å². The molecule has 0 aliphatic heterocycles. The monoisotopic (exact) mass is 159 g/mol. The fourth-order valence-corrected chi connectivity index (χ4v) is 1.22. The van der Waals surface area contributed by atoms with Crippen molar-refractivity contribution in [2.24, 2.45) is 0 Å². The van der Waals surface area contributed by atoms with Gasteiger partial charge in [0.15, 0.2) is 0 Å². The van der Waals surface area contributed by atoms with Gasteiger partial charge in [-0.3, -0.25) is 0 Å². The zero-order valence-corrected chi connectivity index (χ0v) is 7.59. The third kappa shape index (κ3) is 1.85. The van der Waals surface area contributed by atoms with E-state index in [9.17, 15) is 0 Å². The summed E-state index contributed by atoms with van der Waals surface area (Å²) in [5.41, 5.74) is 3.69. The van der Waals surface area contributed by atoms with Crippen molar-refractivity contribution in [2.45, 2.75) is 26.7 Å². The van der Waals surface area contributed by atoms with Crippen LogP contribution < -0.4 is 0 Å². The predicted molar refractivity (Wildman–Crippen MR) is 49.9 cm³/mol. The van der Waals surface area contributed by atoms with Gasteiger partial charge in [0.25, 0.3) is 0 Å². The average molecular weight is 159 g/mol. The summed E-state index contributed by atoms with van der Waals surface area (Å²) in [7, 11) is 0. The number of hydrogen-bond donors (Lipinski definition) is 0. The second kappa shape index (κ2) is 3.92. The van der Waals surface area contributed by atoms with Crippen LogP contribution in [0.5, 0.6) is 0 Å². The summed E-state index contributed by atoms with van der Waals surface area (Å²) in [5, 5.41) is 8.56. The van der Waals surface area contributed by atoms with Crippen molar-refractivity contribution < 1.29 is 0 Å². The maximum absolute atomic E-state index is 8.56. The maximum atomic E-state index is 8.56. The maximum Gasteiger partial charge on any atom is 0.0669 e. The molecule has 0 unspecified atom stereocenters. The number of nitriles is 1. The van der Waals surface area contributed by atoms with Crippen LogP contribution in [-0.2, 0) is 12.8 Å². The van der Waals surface area contributed by atoms with E-state index in [1.54, 1.807) is 0 Å². The van der Waals surface area contributed by atoms with Gasteiger partial charge in [-0.25, -0.2) is 0 Å². The number of nitrogens with zero attached hydrogens (tertiary/aromatic N) is 1. The Kier molecular flexibility index (Phi) is 2.88. The molecule has 0 aliphatic carbocycles. The highest BCUT2D eigenvalue weighted by Gasteiger charge is 1.97. The summed E-state index contributed by atoms with van der Waals surface area (Å²) >= 11 is 0. The summed E-state index contributed by atoms with van der Waals surface area (Å²) in [5.74, 6) is 0. The van der Waals surface area contributed by atoms with E-state index < -0.39 is 0 Å². The normalized spacial score (nSPS) is 9.42. The third-order valence-corrected chi connectivity index (χ3v) is 2.09. The summed E-state index contributed by atoms with van der Waals surface area (Å²) in [6.45, 7) is 4.17. The van der Waals surface area contributed by atoms with Crippen molar-refractivity contribution in [3.63, 3.8) is 0 Å². The van der Waals surface area contributed by atoms with Gasteiger partial charge < -0.3 is 0 Å². The molecule has 62 valence electrons. The Balaban J connectivity index is 3.01. The van der Waals surface area contributed by atoms with E-state index in [2.05, 4.69) is 31.2 Å². The fourth-order valence-electron chi connectivity index (χ4n) is 1.22. The first-order chi connectivity index (χ1) is 5.77. The zero-order valence-electron chi connectivity index (χ0n) is 7.59. The Labute approximate surface area is 73.6 Å². The Hall–Kier alpha value is -1.29. The largest absolute Gasteiger partial charge is 0.198 e. The van der Waals surface area contributed by atoms with Crippen molar-refractivity contribution >= 4 is 0 Å². The Morgan fingerprint density at radius 2 is 2.17 bits per heavy atom. The highest BCUT2D eigenvalue weighted by atomic mass is 14.2. The molecule has 1 aromatic rings. The SMILES string of the molecule is CCc1ccc(C)c(CC#N)c1. The van der Waals surface area contributed by atoms with Crippen LogP contribution in [0, 0.1) is 18.3 Å². The third-order valence-electron chi connectivity index (χ3n) is 2.09. The van der Waals surface area contributed by atoms with Gasteiger partial charge in [-0.05, 0) is 30.0 Å². The van der Waals surface area contributed by atoms with E-state index in [1.807, 2.05) is 6.92 Å². The summed E-state index contributed by atoms with van der Waals surface area (Å²) in [6, 6.07) is 8.51. The van der Waals surface area contributed by atoms with Gasteiger partial charge in [-0.2, -0.15) is 5.26 Å². The molecule has 0 fully saturated rings. The molecule has 0 bridgehead atoms. The highest BCUT2D eigenvalue weighted by Crippen LogP contribution is 2.11. The lowest BCUT2D eigenvalue weighted by molar-refractivity contribution is 1.11. The highest BCUT2D eigenvalue weighted by molar-refractivity contribution is 5.32. The molecule has 0 N–H and O–H groups in total. The topological polar surface area (TPSA) is 23.8 Å². The van der Waals surface area contributed by atoms with Crippen LogP contribution in [-0.4, -0.2) is 0 Å². The Bertz CT molecular complexity index is 307. The standard InChI is InChI=1S/C11H13N/c1-3-10-5-4-9(2)11(8-10)6-7-12/h4-5,8H,3,6H2,1-2H3. The average Bonchev–Trinajstić information content (AvgIpc) is 2.09. The molecule has 0 aliphatic rings. The lowest BCUT2D eigenvalue weighted by atomic mass is 10.0. The van der Waals surface area contributed by atoms with Crippen LogP contribution in [0.3, 0.4) is 0 Å². The molecule has 1 aromatic carbocycles. The lowest BCUT2D eigenvalue weighted by Crippen LogP contribution is -1.90. The molecule has 0 amide bonds. The molecule has 1 nitrogen and oxygen atoms in total. The van der Waals surface area contributed by atoms with Gasteiger partial charge in [0, 0.05) is 0 Å². The molecule has 1 heteroatoms. The second-order valence-corrected chi connectivity index (χ2v) is 2.95. The Morgan fingerprint density at radius 1 is 1.42 bits per heavy atom. The van der Waals surface area contributed by atoms with E-state index in [4.69, 9.17) is 5.26 Å². The number of hydrogen-bond acceptors (Lipinski definition) is 1. The lowest BCUT2D eigenvalue weighted by Gasteiger charge is -2.03. The summed E-state index contributed by atoms with van der Waals surface area (Å²) in [4.78, 5) is 0. The summed E-state index contributed by atoms with van der Waals surface area (Å²) < 4.78 is 0. The molecule has 0 heterocycles. The molecule has 0 spiro atoms. The van der Waals surface area contributed by atoms with Gasteiger partial charge in [0.2, 0.25) is 0 Å². The van der Waals surface area contributed by atoms with Crippen molar-refractivity contribution in [1.29, 1.82) is 5.26 Å². The van der Waals surface area contributed by atoms with Gasteiger partial charge in [-0.1, -0.05) is 25.1 Å². The molecule has 0 saturated carbocycles. The molecule has 0 atom stereocenters. The minimum Gasteiger partial charge on any atom is -0.198 e. The van der Waals surface area contributed by atoms with Crippen LogP contribution in [0.1, 0.15) is 23.6 Å². The number of rotatable bonds is 2. The van der Waals surface area contributed by atoms with Crippen LogP contribution in [0.15, 0.2) is 18.2 Å². The molecule has 0 radical (unpaired) electrons. The van der Waals surface area contributed by atoms with Crippen molar-refractivity contribution in [3.8, 4) is 6.07 Å². The minimum atomic E-state index is 0.527. The summed E-state index contributed by atoms with van der Waals surface area (Å²) in [6.07, 6.45) is 1.57. The van der Waals surface area contributed by atoms with Crippen molar-refractivity contribution in [1.82, 2.24) is 0 Å². The van der Waals surface area contributed by atoms with Crippen molar-refractivity contribution in [3.05, 3.63) is 34.9 Å². The van der Waals surface area contributed by atoms with Gasteiger partial charge in [0.05, 0.1) is 12.5 Å². The van der Waals surface area contributed by atoms with Gasteiger partial charge in [-0.15, -0.1) is 0 Å². The van der Waals surface area contributed by atoms with Crippen molar-refractivity contribution in [2.75, 3.05) is 0 Å². The molecular formula is C11H13N.